The van der Waals surface area contributed by atoms with Crippen molar-refractivity contribution in [3.8, 4) is 28.3 Å². The number of aromatic nitrogens is 3. The topological polar surface area (TPSA) is 43.9 Å². The Hall–Kier alpha value is -6.78. The molecule has 4 nitrogen and oxygen atoms in total. The van der Waals surface area contributed by atoms with Crippen molar-refractivity contribution in [1.82, 2.24) is 14.5 Å². The Morgan fingerprint density at radius 3 is 1.98 bits per heavy atom. The summed E-state index contributed by atoms with van der Waals surface area (Å²) in [5, 5.41) is 10.5. The number of hydrogen-bond donors (Lipinski definition) is 0. The lowest BCUT2D eigenvalue weighted by Gasteiger charge is -2.13. The van der Waals surface area contributed by atoms with Crippen LogP contribution in [0.1, 0.15) is 0 Å². The summed E-state index contributed by atoms with van der Waals surface area (Å²) in [7, 11) is 0. The molecule has 0 unspecified atom stereocenters. The first kappa shape index (κ1) is 27.2. The number of furan rings is 1. The average Bonchev–Trinajstić information content (AvgIpc) is 3.73. The van der Waals surface area contributed by atoms with Crippen LogP contribution in [0.2, 0.25) is 0 Å². The fourth-order valence-corrected chi connectivity index (χ4v) is 7.97. The molecule has 0 aliphatic carbocycles. The summed E-state index contributed by atoms with van der Waals surface area (Å²) in [5.41, 5.74) is 9.10. The predicted molar refractivity (Wildman–Crippen MR) is 207 cm³/mol. The third-order valence-corrected chi connectivity index (χ3v) is 10.2. The summed E-state index contributed by atoms with van der Waals surface area (Å²) in [6.45, 7) is 0. The molecule has 0 radical (unpaired) electrons. The van der Waals surface area contributed by atoms with E-state index in [9.17, 15) is 0 Å². The molecule has 4 heteroatoms. The van der Waals surface area contributed by atoms with Gasteiger partial charge in [0.25, 0.3) is 0 Å². The van der Waals surface area contributed by atoms with Crippen molar-refractivity contribution in [3.63, 3.8) is 0 Å². The van der Waals surface area contributed by atoms with E-state index in [2.05, 4.69) is 150 Å². The minimum Gasteiger partial charge on any atom is -0.456 e. The van der Waals surface area contributed by atoms with Gasteiger partial charge in [-0.25, -0.2) is 9.97 Å². The molecule has 0 amide bonds. The molecule has 3 heterocycles. The highest BCUT2D eigenvalue weighted by molar-refractivity contribution is 6.30. The number of fused-ring (bicyclic) bond motifs is 11. The average molecular weight is 638 g/mol. The first-order chi connectivity index (χ1) is 24.8. The van der Waals surface area contributed by atoms with Gasteiger partial charge >= 0.3 is 0 Å². The molecular weight excluding hydrogens is 611 g/mol. The van der Waals surface area contributed by atoms with E-state index in [4.69, 9.17) is 14.4 Å². The summed E-state index contributed by atoms with van der Waals surface area (Å²) < 4.78 is 8.50. The van der Waals surface area contributed by atoms with Crippen LogP contribution in [0.25, 0.3) is 105 Å². The third kappa shape index (κ3) is 3.87. The van der Waals surface area contributed by atoms with Crippen LogP contribution in [0, 0.1) is 0 Å². The lowest BCUT2D eigenvalue weighted by Crippen LogP contribution is -2.03. The van der Waals surface area contributed by atoms with Gasteiger partial charge in [0.05, 0.1) is 22.2 Å². The zero-order valence-electron chi connectivity index (χ0n) is 26.8. The van der Waals surface area contributed by atoms with Gasteiger partial charge in [-0.1, -0.05) is 127 Å². The van der Waals surface area contributed by atoms with Crippen molar-refractivity contribution in [1.29, 1.82) is 0 Å². The summed E-state index contributed by atoms with van der Waals surface area (Å²) >= 11 is 0. The first-order valence-corrected chi connectivity index (χ1v) is 16.9. The number of benzene rings is 8. The van der Waals surface area contributed by atoms with Crippen molar-refractivity contribution in [2.75, 3.05) is 0 Å². The van der Waals surface area contributed by atoms with Crippen molar-refractivity contribution in [3.05, 3.63) is 164 Å². The van der Waals surface area contributed by atoms with E-state index in [1.54, 1.807) is 0 Å². The maximum absolute atomic E-state index is 6.22. The quantitative estimate of drug-likeness (QED) is 0.194. The predicted octanol–water partition coefficient (Wildman–Crippen LogP) is 12.3. The Bertz CT molecular complexity index is 3150. The number of hydrogen-bond acceptors (Lipinski definition) is 3. The zero-order valence-corrected chi connectivity index (χ0v) is 26.8. The number of rotatable bonds is 3. The van der Waals surface area contributed by atoms with E-state index < -0.39 is 0 Å². The van der Waals surface area contributed by atoms with E-state index in [0.29, 0.717) is 5.95 Å². The van der Waals surface area contributed by atoms with Crippen LogP contribution < -0.4 is 0 Å². The molecule has 8 aromatic carbocycles. The van der Waals surface area contributed by atoms with E-state index in [1.807, 2.05) is 18.2 Å². The minimum atomic E-state index is 0.648. The van der Waals surface area contributed by atoms with E-state index in [1.165, 1.54) is 32.3 Å². The standard InChI is InChI=1S/C46H27N3O/c1-2-13-29(14-3-1)45-35-19-8-10-20-38(35)47-46(48-45)49-39-24-22-28-12-4-5-15-31(28)43(39)44-34-18-7-6-16-32(34)36(27-40(44)49)30-23-25-42-37(26-30)33-17-9-11-21-41(33)50-42/h1-27H. The van der Waals surface area contributed by atoms with Crippen molar-refractivity contribution in [2.24, 2.45) is 0 Å². The second kappa shape index (κ2) is 10.4. The SMILES string of the molecule is c1ccc(-c2nc(-n3c4ccc5ccccc5c4c4c5ccccc5c(-c5ccc6oc7ccccc7c6c5)cc43)nc3ccccc23)cc1. The van der Waals surface area contributed by atoms with Gasteiger partial charge in [0.15, 0.2) is 0 Å². The lowest BCUT2D eigenvalue weighted by molar-refractivity contribution is 0.669. The Balaban J connectivity index is 1.31. The van der Waals surface area contributed by atoms with E-state index in [-0.39, 0.29) is 0 Å². The molecule has 50 heavy (non-hydrogen) atoms. The highest BCUT2D eigenvalue weighted by Gasteiger charge is 2.22. The van der Waals surface area contributed by atoms with Gasteiger partial charge < -0.3 is 4.42 Å². The highest BCUT2D eigenvalue weighted by Crippen LogP contribution is 2.44. The Morgan fingerprint density at radius 1 is 0.420 bits per heavy atom. The van der Waals surface area contributed by atoms with Gasteiger partial charge in [-0.2, -0.15) is 0 Å². The summed E-state index contributed by atoms with van der Waals surface area (Å²) in [6.07, 6.45) is 0. The highest BCUT2D eigenvalue weighted by atomic mass is 16.3. The molecule has 0 spiro atoms. The fourth-order valence-electron chi connectivity index (χ4n) is 7.97. The Morgan fingerprint density at radius 2 is 1.10 bits per heavy atom. The van der Waals surface area contributed by atoms with Gasteiger partial charge in [-0.3, -0.25) is 4.57 Å². The molecule has 0 atom stereocenters. The van der Waals surface area contributed by atoms with Crippen LogP contribution in [0.15, 0.2) is 168 Å². The smallest absolute Gasteiger partial charge is 0.235 e. The van der Waals surface area contributed by atoms with Crippen LogP contribution >= 0.6 is 0 Å². The second-order valence-corrected chi connectivity index (χ2v) is 12.9. The molecule has 0 fully saturated rings. The molecule has 0 saturated carbocycles. The van der Waals surface area contributed by atoms with Gasteiger partial charge in [-0.15, -0.1) is 0 Å². The number of nitrogens with zero attached hydrogens (tertiary/aromatic N) is 3. The normalized spacial score (nSPS) is 12.0. The molecule has 11 aromatic rings. The minimum absolute atomic E-state index is 0.648. The molecule has 232 valence electrons. The zero-order chi connectivity index (χ0) is 32.8. The van der Waals surface area contributed by atoms with Crippen LogP contribution in [0.3, 0.4) is 0 Å². The summed E-state index contributed by atoms with van der Waals surface area (Å²) in [6, 6.07) is 57.8. The molecule has 0 bridgehead atoms. The molecule has 0 aliphatic rings. The molecule has 11 rings (SSSR count). The Kier molecular flexibility index (Phi) is 5.63. The van der Waals surface area contributed by atoms with Crippen molar-refractivity contribution in [2.45, 2.75) is 0 Å². The Labute approximate surface area is 286 Å². The van der Waals surface area contributed by atoms with Crippen LogP contribution in [0.5, 0.6) is 0 Å². The molecule has 0 aliphatic heterocycles. The second-order valence-electron chi connectivity index (χ2n) is 12.9. The van der Waals surface area contributed by atoms with Crippen molar-refractivity contribution < 1.29 is 4.42 Å². The van der Waals surface area contributed by atoms with E-state index >= 15 is 0 Å². The van der Waals surface area contributed by atoms with Gasteiger partial charge in [-0.05, 0) is 69.1 Å². The third-order valence-electron chi connectivity index (χ3n) is 10.2. The summed E-state index contributed by atoms with van der Waals surface area (Å²) in [5.74, 6) is 0.648. The maximum Gasteiger partial charge on any atom is 0.235 e. The summed E-state index contributed by atoms with van der Waals surface area (Å²) in [4.78, 5) is 10.7. The van der Waals surface area contributed by atoms with Crippen LogP contribution in [-0.4, -0.2) is 14.5 Å². The monoisotopic (exact) mass is 637 g/mol. The molecule has 3 aromatic heterocycles. The largest absolute Gasteiger partial charge is 0.456 e. The lowest BCUT2D eigenvalue weighted by atomic mass is 9.93. The molecular formula is C46H27N3O. The van der Waals surface area contributed by atoms with Gasteiger partial charge in [0.2, 0.25) is 5.95 Å². The van der Waals surface area contributed by atoms with Gasteiger partial charge in [0, 0.05) is 32.5 Å². The molecule has 0 saturated heterocycles. The van der Waals surface area contributed by atoms with Crippen LogP contribution in [-0.2, 0) is 0 Å². The number of para-hydroxylation sites is 2. The molecule has 0 N–H and O–H groups in total. The maximum atomic E-state index is 6.22. The van der Waals surface area contributed by atoms with Crippen molar-refractivity contribution >= 4 is 76.2 Å². The first-order valence-electron chi connectivity index (χ1n) is 16.9. The van der Waals surface area contributed by atoms with E-state index in [0.717, 1.165) is 66.3 Å². The fraction of sp³-hybridized carbons (Fsp3) is 0. The van der Waals surface area contributed by atoms with Crippen LogP contribution in [0.4, 0.5) is 0 Å². The van der Waals surface area contributed by atoms with Gasteiger partial charge in [0.1, 0.15) is 11.2 Å².